The topological polar surface area (TPSA) is 75.7 Å². The van der Waals surface area contributed by atoms with Crippen molar-refractivity contribution in [2.75, 3.05) is 20.1 Å². The Morgan fingerprint density at radius 3 is 2.17 bits per heavy atom. The molecule has 0 aromatic heterocycles. The van der Waals surface area contributed by atoms with Crippen molar-refractivity contribution in [1.29, 1.82) is 0 Å². The summed E-state index contributed by atoms with van der Waals surface area (Å²) in [6, 6.07) is 2.58. The van der Waals surface area contributed by atoms with Crippen LogP contribution in [0.15, 0.2) is 17.0 Å². The first-order chi connectivity index (χ1) is 10.8. The molecular weight excluding hydrogens is 399 g/mol. The highest BCUT2D eigenvalue weighted by Crippen LogP contribution is 2.32. The number of amides is 1. The summed E-state index contributed by atoms with van der Waals surface area (Å²) in [7, 11) is -2.44. The summed E-state index contributed by atoms with van der Waals surface area (Å²) >= 11 is 17.6. The molecule has 1 N–H and O–H groups in total. The Balaban J connectivity index is 2.72. The number of hydrogen-bond donors (Lipinski definition) is 1. The van der Waals surface area contributed by atoms with Gasteiger partial charge < -0.3 is 9.64 Å². The standard InChI is InChI=1S/C14H19Cl3N2O4S/c1-14(2,3)23-13(20)19(4)6-5-18-24(21,22)12-10(16)7-9(15)8-11(12)17/h7-8,18H,5-6H2,1-4H3. The van der Waals surface area contributed by atoms with E-state index in [1.807, 2.05) is 0 Å². The van der Waals surface area contributed by atoms with Crippen molar-refractivity contribution in [3.63, 3.8) is 0 Å². The number of carbonyl (C=O) groups is 1. The molecule has 0 spiro atoms. The number of rotatable bonds is 5. The molecule has 0 unspecified atom stereocenters. The number of ether oxygens (including phenoxy) is 1. The Morgan fingerprint density at radius 2 is 1.71 bits per heavy atom. The molecule has 0 aliphatic heterocycles. The summed E-state index contributed by atoms with van der Waals surface area (Å²) in [5, 5.41) is 0.0644. The number of nitrogens with one attached hydrogen (secondary N) is 1. The second kappa shape index (κ2) is 8.10. The maximum absolute atomic E-state index is 12.3. The summed E-state index contributed by atoms with van der Waals surface area (Å²) < 4.78 is 32.1. The molecule has 1 aromatic rings. The van der Waals surface area contributed by atoms with Gasteiger partial charge in [0.2, 0.25) is 10.0 Å². The van der Waals surface area contributed by atoms with Crippen molar-refractivity contribution in [1.82, 2.24) is 9.62 Å². The molecule has 0 saturated heterocycles. The maximum Gasteiger partial charge on any atom is 0.410 e. The Bertz CT molecular complexity index is 694. The average Bonchev–Trinajstić information content (AvgIpc) is 2.34. The number of likely N-dealkylation sites (N-methyl/N-ethyl adjacent to an activating group) is 1. The summed E-state index contributed by atoms with van der Waals surface area (Å²) in [5.74, 6) is 0. The quantitative estimate of drug-likeness (QED) is 0.791. The van der Waals surface area contributed by atoms with Gasteiger partial charge in [0.1, 0.15) is 10.5 Å². The fourth-order valence-electron chi connectivity index (χ4n) is 1.64. The molecule has 1 amide bonds. The summed E-state index contributed by atoms with van der Waals surface area (Å²) in [6.45, 7) is 5.30. The molecule has 24 heavy (non-hydrogen) atoms. The largest absolute Gasteiger partial charge is 0.444 e. The van der Waals surface area contributed by atoms with E-state index in [1.54, 1.807) is 20.8 Å². The fraction of sp³-hybridized carbons (Fsp3) is 0.500. The van der Waals surface area contributed by atoms with Crippen molar-refractivity contribution in [3.05, 3.63) is 27.2 Å². The second-order valence-electron chi connectivity index (χ2n) is 6.00. The van der Waals surface area contributed by atoms with Crippen molar-refractivity contribution in [3.8, 4) is 0 Å². The van der Waals surface area contributed by atoms with E-state index in [9.17, 15) is 13.2 Å². The molecule has 0 bridgehead atoms. The zero-order valence-corrected chi connectivity index (χ0v) is 16.8. The lowest BCUT2D eigenvalue weighted by atomic mass is 10.2. The highest BCUT2D eigenvalue weighted by molar-refractivity contribution is 7.89. The molecule has 0 fully saturated rings. The van der Waals surface area contributed by atoms with Crippen molar-refractivity contribution in [2.24, 2.45) is 0 Å². The van der Waals surface area contributed by atoms with Crippen molar-refractivity contribution >= 4 is 50.9 Å². The van der Waals surface area contributed by atoms with Gasteiger partial charge in [0.25, 0.3) is 0 Å². The van der Waals surface area contributed by atoms with Crippen LogP contribution in [0, 0.1) is 0 Å². The first-order valence-corrected chi connectivity index (χ1v) is 9.53. The van der Waals surface area contributed by atoms with E-state index in [0.29, 0.717) is 0 Å². The van der Waals surface area contributed by atoms with Crippen LogP contribution in [0.3, 0.4) is 0 Å². The van der Waals surface area contributed by atoms with Gasteiger partial charge in [-0.25, -0.2) is 17.9 Å². The number of sulfonamides is 1. The van der Waals surface area contributed by atoms with Gasteiger partial charge >= 0.3 is 6.09 Å². The van der Waals surface area contributed by atoms with E-state index in [1.165, 1.54) is 24.1 Å². The molecule has 136 valence electrons. The van der Waals surface area contributed by atoms with Crippen molar-refractivity contribution < 1.29 is 17.9 Å². The van der Waals surface area contributed by atoms with Crippen LogP contribution in [0.1, 0.15) is 20.8 Å². The molecule has 0 radical (unpaired) electrons. The van der Waals surface area contributed by atoms with Crippen LogP contribution in [-0.4, -0.2) is 45.1 Å². The van der Waals surface area contributed by atoms with Gasteiger partial charge in [-0.3, -0.25) is 0 Å². The molecular formula is C14H19Cl3N2O4S. The van der Waals surface area contributed by atoms with Crippen LogP contribution in [0.5, 0.6) is 0 Å². The lowest BCUT2D eigenvalue weighted by Gasteiger charge is -2.24. The number of halogens is 3. The van der Waals surface area contributed by atoms with Gasteiger partial charge in [-0.1, -0.05) is 34.8 Å². The predicted molar refractivity (Wildman–Crippen MR) is 95.5 cm³/mol. The van der Waals surface area contributed by atoms with E-state index < -0.39 is 21.7 Å². The molecule has 10 heteroatoms. The summed E-state index contributed by atoms with van der Waals surface area (Å²) in [6.07, 6.45) is -0.552. The molecule has 1 aromatic carbocycles. The van der Waals surface area contributed by atoms with Gasteiger partial charge in [0.15, 0.2) is 0 Å². The van der Waals surface area contributed by atoms with Gasteiger partial charge in [0.05, 0.1) is 10.0 Å². The van der Waals surface area contributed by atoms with E-state index >= 15 is 0 Å². The molecule has 0 saturated carbocycles. The first kappa shape index (κ1) is 21.3. The Kier molecular flexibility index (Phi) is 7.19. The molecule has 6 nitrogen and oxygen atoms in total. The zero-order valence-electron chi connectivity index (χ0n) is 13.7. The predicted octanol–water partition coefficient (Wildman–Crippen LogP) is 3.79. The van der Waals surface area contributed by atoms with Crippen LogP contribution in [0.2, 0.25) is 15.1 Å². The smallest absolute Gasteiger partial charge is 0.410 e. The third-order valence-electron chi connectivity index (χ3n) is 2.68. The average molecular weight is 418 g/mol. The highest BCUT2D eigenvalue weighted by atomic mass is 35.5. The summed E-state index contributed by atoms with van der Waals surface area (Å²) in [5.41, 5.74) is -0.630. The molecule has 0 atom stereocenters. The van der Waals surface area contributed by atoms with Crippen molar-refractivity contribution in [2.45, 2.75) is 31.3 Å². The van der Waals surface area contributed by atoms with E-state index in [4.69, 9.17) is 39.5 Å². The number of benzene rings is 1. The van der Waals surface area contributed by atoms with Gasteiger partial charge in [-0.2, -0.15) is 0 Å². The minimum Gasteiger partial charge on any atom is -0.444 e. The highest BCUT2D eigenvalue weighted by Gasteiger charge is 2.23. The van der Waals surface area contributed by atoms with Gasteiger partial charge in [-0.05, 0) is 32.9 Å². The molecule has 0 heterocycles. The van der Waals surface area contributed by atoms with E-state index in [2.05, 4.69) is 4.72 Å². The molecule has 0 aliphatic carbocycles. The van der Waals surface area contributed by atoms with E-state index in [-0.39, 0.29) is 33.1 Å². The number of hydrogen-bond acceptors (Lipinski definition) is 4. The monoisotopic (exact) mass is 416 g/mol. The van der Waals surface area contributed by atoms with Gasteiger partial charge in [0, 0.05) is 25.2 Å². The fourth-order valence-corrected chi connectivity index (χ4v) is 4.20. The van der Waals surface area contributed by atoms with Crippen LogP contribution in [0.25, 0.3) is 0 Å². The Labute approximate surface area is 157 Å². The normalized spacial score (nSPS) is 12.1. The molecule has 1 rings (SSSR count). The minimum atomic E-state index is -3.95. The Morgan fingerprint density at radius 1 is 1.21 bits per heavy atom. The van der Waals surface area contributed by atoms with Crippen LogP contribution in [-0.2, 0) is 14.8 Å². The minimum absolute atomic E-state index is 0.0344. The zero-order chi connectivity index (χ0) is 18.7. The Hall–Kier alpha value is -0.730. The SMILES string of the molecule is CN(CCNS(=O)(=O)c1c(Cl)cc(Cl)cc1Cl)C(=O)OC(C)(C)C. The third-order valence-corrected chi connectivity index (χ3v) is 5.28. The second-order valence-corrected chi connectivity index (χ2v) is 8.95. The van der Waals surface area contributed by atoms with Crippen LogP contribution in [0.4, 0.5) is 4.79 Å². The van der Waals surface area contributed by atoms with Gasteiger partial charge in [-0.15, -0.1) is 0 Å². The number of nitrogens with zero attached hydrogens (tertiary/aromatic N) is 1. The maximum atomic E-state index is 12.3. The van der Waals surface area contributed by atoms with E-state index in [0.717, 1.165) is 0 Å². The van der Waals surface area contributed by atoms with Crippen LogP contribution < -0.4 is 4.72 Å². The molecule has 0 aliphatic rings. The summed E-state index contributed by atoms with van der Waals surface area (Å²) in [4.78, 5) is 12.8. The third kappa shape index (κ3) is 6.29. The first-order valence-electron chi connectivity index (χ1n) is 6.92. The number of carbonyl (C=O) groups excluding carboxylic acids is 1. The van der Waals surface area contributed by atoms with Crippen LogP contribution >= 0.6 is 34.8 Å². The lowest BCUT2D eigenvalue weighted by molar-refractivity contribution is 0.0302. The lowest BCUT2D eigenvalue weighted by Crippen LogP contribution is -2.39.